The molecule has 144 valence electrons. The lowest BCUT2D eigenvalue weighted by atomic mass is 10.1. The van der Waals surface area contributed by atoms with Crippen LogP contribution in [0.4, 0.5) is 5.69 Å². The number of hydrogen-bond acceptors (Lipinski definition) is 4. The topological polar surface area (TPSA) is 73.6 Å². The minimum Gasteiger partial charge on any atom is -0.365 e. The van der Waals surface area contributed by atoms with Crippen molar-refractivity contribution in [3.8, 4) is 6.07 Å². The Morgan fingerprint density at radius 1 is 1.25 bits per heavy atom. The first-order valence-electron chi connectivity index (χ1n) is 8.88. The molecule has 2 aromatic carbocycles. The predicted octanol–water partition coefficient (Wildman–Crippen LogP) is 2.99. The van der Waals surface area contributed by atoms with Crippen LogP contribution in [0.3, 0.4) is 0 Å². The zero-order valence-electron chi connectivity index (χ0n) is 15.5. The molecule has 0 saturated carbocycles. The first-order chi connectivity index (χ1) is 13.5. The van der Waals surface area contributed by atoms with E-state index in [-0.39, 0.29) is 24.5 Å². The number of carbonyl (C=O) groups excluding carboxylic acids is 2. The Morgan fingerprint density at radius 2 is 1.96 bits per heavy atom. The molecule has 0 N–H and O–H groups in total. The number of benzene rings is 2. The van der Waals surface area contributed by atoms with Gasteiger partial charge in [0.2, 0.25) is 5.91 Å². The highest BCUT2D eigenvalue weighted by Crippen LogP contribution is 2.21. The fraction of sp³-hybridized carbons (Fsp3) is 0.286. The minimum atomic E-state index is -0.216. The van der Waals surface area contributed by atoms with E-state index < -0.39 is 0 Å². The van der Waals surface area contributed by atoms with Gasteiger partial charge in [0.05, 0.1) is 24.3 Å². The van der Waals surface area contributed by atoms with Crippen LogP contribution in [0, 0.1) is 11.3 Å². The number of amides is 2. The van der Waals surface area contributed by atoms with E-state index >= 15 is 0 Å². The van der Waals surface area contributed by atoms with Crippen molar-refractivity contribution in [2.24, 2.45) is 0 Å². The van der Waals surface area contributed by atoms with Crippen LogP contribution in [0.5, 0.6) is 0 Å². The van der Waals surface area contributed by atoms with Gasteiger partial charge in [-0.25, -0.2) is 0 Å². The first kappa shape index (κ1) is 19.9. The Kier molecular flexibility index (Phi) is 6.30. The van der Waals surface area contributed by atoms with Gasteiger partial charge in [-0.05, 0) is 35.9 Å². The summed E-state index contributed by atoms with van der Waals surface area (Å²) in [5.74, 6) is -0.213. The van der Waals surface area contributed by atoms with Gasteiger partial charge in [-0.3, -0.25) is 9.59 Å². The van der Waals surface area contributed by atoms with E-state index in [9.17, 15) is 9.59 Å². The van der Waals surface area contributed by atoms with Crippen LogP contribution < -0.4 is 4.90 Å². The number of nitrogens with zero attached hydrogens (tertiary/aromatic N) is 3. The number of nitriles is 1. The molecule has 0 spiro atoms. The maximum atomic E-state index is 12.9. The maximum Gasteiger partial charge on any atom is 0.253 e. The van der Waals surface area contributed by atoms with Crippen LogP contribution in [0.25, 0.3) is 0 Å². The molecule has 28 heavy (non-hydrogen) atoms. The molecule has 0 atom stereocenters. The molecule has 7 heteroatoms. The molecule has 1 fully saturated rings. The number of likely N-dealkylation sites (tertiary alicyclic amines) is 1. The van der Waals surface area contributed by atoms with Crippen molar-refractivity contribution in [3.05, 3.63) is 64.7 Å². The average molecular weight is 398 g/mol. The molecule has 0 aromatic heterocycles. The monoisotopic (exact) mass is 397 g/mol. The van der Waals surface area contributed by atoms with E-state index in [2.05, 4.69) is 6.07 Å². The number of halogens is 1. The fourth-order valence-electron chi connectivity index (χ4n) is 2.91. The van der Waals surface area contributed by atoms with Crippen molar-refractivity contribution in [1.82, 2.24) is 4.90 Å². The molecular formula is C21H20ClN3O3. The smallest absolute Gasteiger partial charge is 0.253 e. The van der Waals surface area contributed by atoms with Gasteiger partial charge in [-0.2, -0.15) is 5.26 Å². The van der Waals surface area contributed by atoms with Gasteiger partial charge >= 0.3 is 0 Å². The summed E-state index contributed by atoms with van der Waals surface area (Å²) >= 11 is 5.94. The highest BCUT2D eigenvalue weighted by atomic mass is 35.5. The maximum absolute atomic E-state index is 12.9. The van der Waals surface area contributed by atoms with Crippen LogP contribution in [0.1, 0.15) is 18.1 Å². The summed E-state index contributed by atoms with van der Waals surface area (Å²) in [6, 6.07) is 16.2. The highest BCUT2D eigenvalue weighted by Gasteiger charge is 2.30. The first-order valence-corrected chi connectivity index (χ1v) is 9.26. The normalized spacial score (nSPS) is 13.5. The summed E-state index contributed by atoms with van der Waals surface area (Å²) in [5.41, 5.74) is 2.01. The SMILES string of the molecule is CC(=O)N1CC(OCC(=O)N(Cc2ccc(Cl)cc2)c2cccc(C#N)c2)C1. The molecule has 0 bridgehead atoms. The second-order valence-corrected chi connectivity index (χ2v) is 7.06. The van der Waals surface area contributed by atoms with Crippen LogP contribution in [0.2, 0.25) is 5.02 Å². The molecule has 1 aliphatic rings. The number of ether oxygens (including phenoxy) is 1. The Bertz CT molecular complexity index is 902. The van der Waals surface area contributed by atoms with Crippen LogP contribution in [-0.2, 0) is 20.9 Å². The van der Waals surface area contributed by atoms with Crippen LogP contribution >= 0.6 is 11.6 Å². The third-order valence-electron chi connectivity index (χ3n) is 4.58. The number of carbonyl (C=O) groups is 2. The largest absolute Gasteiger partial charge is 0.365 e. The van der Waals surface area contributed by atoms with E-state index in [0.717, 1.165) is 5.56 Å². The van der Waals surface area contributed by atoms with Gasteiger partial charge in [-0.15, -0.1) is 0 Å². The molecule has 2 aromatic rings. The number of anilines is 1. The van der Waals surface area contributed by atoms with Crippen molar-refractivity contribution >= 4 is 29.1 Å². The van der Waals surface area contributed by atoms with E-state index in [4.69, 9.17) is 21.6 Å². The van der Waals surface area contributed by atoms with Crippen LogP contribution in [0.15, 0.2) is 48.5 Å². The summed E-state index contributed by atoms with van der Waals surface area (Å²) < 4.78 is 5.66. The Hall–Kier alpha value is -2.88. The van der Waals surface area contributed by atoms with Crippen LogP contribution in [-0.4, -0.2) is 42.5 Å². The summed E-state index contributed by atoms with van der Waals surface area (Å²) in [7, 11) is 0. The standard InChI is InChI=1S/C21H20ClN3O3/c1-15(26)24-12-20(13-24)28-14-21(27)25(11-16-5-7-18(22)8-6-16)19-4-2-3-17(9-19)10-23/h2-9,20H,11-14H2,1H3. The molecule has 0 unspecified atom stereocenters. The van der Waals surface area contributed by atoms with Crippen molar-refractivity contribution in [2.75, 3.05) is 24.6 Å². The van der Waals surface area contributed by atoms with Gasteiger partial charge in [0, 0.05) is 30.7 Å². The minimum absolute atomic E-state index is 0.00357. The zero-order chi connectivity index (χ0) is 20.1. The Morgan fingerprint density at radius 3 is 2.61 bits per heavy atom. The molecule has 1 heterocycles. The van der Waals surface area contributed by atoms with Gasteiger partial charge in [0.25, 0.3) is 5.91 Å². The Balaban J connectivity index is 1.71. The van der Waals surface area contributed by atoms with Gasteiger partial charge in [0.1, 0.15) is 6.61 Å². The third kappa shape index (κ3) is 4.89. The summed E-state index contributed by atoms with van der Waals surface area (Å²) in [6.07, 6.45) is -0.129. The number of rotatable bonds is 6. The van der Waals surface area contributed by atoms with Crippen molar-refractivity contribution < 1.29 is 14.3 Å². The fourth-order valence-corrected chi connectivity index (χ4v) is 3.03. The van der Waals surface area contributed by atoms with Gasteiger partial charge < -0.3 is 14.5 Å². The van der Waals surface area contributed by atoms with Gasteiger partial charge in [0.15, 0.2) is 0 Å². The van der Waals surface area contributed by atoms with Crippen molar-refractivity contribution in [3.63, 3.8) is 0 Å². The van der Waals surface area contributed by atoms with Crippen molar-refractivity contribution in [1.29, 1.82) is 5.26 Å². The second kappa shape index (κ2) is 8.87. The Labute approximate surface area is 168 Å². The molecule has 0 aliphatic carbocycles. The molecular weight excluding hydrogens is 378 g/mol. The van der Waals surface area contributed by atoms with E-state index in [0.29, 0.717) is 35.9 Å². The van der Waals surface area contributed by atoms with E-state index in [1.54, 1.807) is 46.2 Å². The predicted molar refractivity (Wildman–Crippen MR) is 106 cm³/mol. The lowest BCUT2D eigenvalue weighted by Crippen LogP contribution is -2.54. The number of hydrogen-bond donors (Lipinski definition) is 0. The molecule has 6 nitrogen and oxygen atoms in total. The molecule has 2 amide bonds. The van der Waals surface area contributed by atoms with Gasteiger partial charge in [-0.1, -0.05) is 29.8 Å². The molecule has 3 rings (SSSR count). The summed E-state index contributed by atoms with van der Waals surface area (Å²) in [6.45, 7) is 2.75. The quantitative estimate of drug-likeness (QED) is 0.751. The highest BCUT2D eigenvalue weighted by molar-refractivity contribution is 6.30. The molecule has 1 saturated heterocycles. The molecule has 0 radical (unpaired) electrons. The van der Waals surface area contributed by atoms with E-state index in [1.165, 1.54) is 6.92 Å². The lowest BCUT2D eigenvalue weighted by Gasteiger charge is -2.38. The second-order valence-electron chi connectivity index (χ2n) is 6.63. The summed E-state index contributed by atoms with van der Waals surface area (Å²) in [5, 5.41) is 9.78. The summed E-state index contributed by atoms with van der Waals surface area (Å²) in [4.78, 5) is 27.4. The molecule has 1 aliphatic heterocycles. The zero-order valence-corrected chi connectivity index (χ0v) is 16.2. The third-order valence-corrected chi connectivity index (χ3v) is 4.83. The van der Waals surface area contributed by atoms with Crippen molar-refractivity contribution in [2.45, 2.75) is 19.6 Å². The lowest BCUT2D eigenvalue weighted by molar-refractivity contribution is -0.145. The van der Waals surface area contributed by atoms with E-state index in [1.807, 2.05) is 12.1 Å². The average Bonchev–Trinajstić information content (AvgIpc) is 2.65.